The Morgan fingerprint density at radius 1 is 1.48 bits per heavy atom. The van der Waals surface area contributed by atoms with Crippen LogP contribution in [-0.4, -0.2) is 35.4 Å². The number of carbonyl (C=O) groups excluding carboxylic acids is 1. The van der Waals surface area contributed by atoms with E-state index in [4.69, 9.17) is 11.6 Å². The number of aryl methyl sites for hydroxylation is 1. The van der Waals surface area contributed by atoms with Crippen molar-refractivity contribution in [3.8, 4) is 0 Å². The molecule has 3 aromatic heterocycles. The summed E-state index contributed by atoms with van der Waals surface area (Å²) >= 11 is 7.04. The van der Waals surface area contributed by atoms with Crippen LogP contribution in [0.5, 0.6) is 0 Å². The lowest BCUT2D eigenvalue weighted by Gasteiger charge is -2.03. The van der Waals surface area contributed by atoms with Crippen LogP contribution in [-0.2, 0) is 6.42 Å². The molecule has 8 nitrogen and oxygen atoms in total. The summed E-state index contributed by atoms with van der Waals surface area (Å²) in [5.74, 6) is -0.250. The van der Waals surface area contributed by atoms with Crippen molar-refractivity contribution in [2.45, 2.75) is 19.8 Å². The summed E-state index contributed by atoms with van der Waals surface area (Å²) in [4.78, 5) is 27.6. The SMILES string of the molecule is CCCc1nnsc1C(=O)Nc1nc(Cl)c2[nH]cnc2n1. The van der Waals surface area contributed by atoms with E-state index < -0.39 is 0 Å². The highest BCUT2D eigenvalue weighted by Gasteiger charge is 2.18. The Kier molecular flexibility index (Phi) is 3.76. The van der Waals surface area contributed by atoms with Crippen LogP contribution in [0.25, 0.3) is 11.2 Å². The van der Waals surface area contributed by atoms with Crippen LogP contribution in [0.15, 0.2) is 6.33 Å². The number of carbonyl (C=O) groups is 1. The van der Waals surface area contributed by atoms with E-state index in [9.17, 15) is 4.79 Å². The molecule has 2 N–H and O–H groups in total. The number of hydrogen-bond donors (Lipinski definition) is 2. The maximum absolute atomic E-state index is 12.2. The first-order valence-electron chi connectivity index (χ1n) is 6.18. The van der Waals surface area contributed by atoms with Crippen molar-refractivity contribution in [3.05, 3.63) is 22.1 Å². The predicted molar refractivity (Wildman–Crippen MR) is 78.6 cm³/mol. The number of fused-ring (bicyclic) bond motifs is 1. The van der Waals surface area contributed by atoms with Gasteiger partial charge in [0.25, 0.3) is 5.91 Å². The molecule has 0 spiro atoms. The van der Waals surface area contributed by atoms with E-state index in [-0.39, 0.29) is 17.0 Å². The number of halogens is 1. The summed E-state index contributed by atoms with van der Waals surface area (Å²) in [7, 11) is 0. The van der Waals surface area contributed by atoms with Crippen molar-refractivity contribution >= 4 is 46.2 Å². The van der Waals surface area contributed by atoms with Gasteiger partial charge in [-0.3, -0.25) is 10.1 Å². The second-order valence-electron chi connectivity index (χ2n) is 4.19. The third-order valence-electron chi connectivity index (χ3n) is 2.72. The minimum Gasteiger partial charge on any atom is -0.341 e. The van der Waals surface area contributed by atoms with Crippen LogP contribution in [0, 0.1) is 0 Å². The smallest absolute Gasteiger partial charge is 0.271 e. The van der Waals surface area contributed by atoms with Gasteiger partial charge in [0.05, 0.1) is 12.0 Å². The molecule has 108 valence electrons. The lowest BCUT2D eigenvalue weighted by atomic mass is 10.2. The average molecular weight is 324 g/mol. The second kappa shape index (κ2) is 5.70. The van der Waals surface area contributed by atoms with Gasteiger partial charge in [-0.1, -0.05) is 29.4 Å². The summed E-state index contributed by atoms with van der Waals surface area (Å²) in [6.45, 7) is 2.01. The zero-order chi connectivity index (χ0) is 14.8. The molecule has 0 radical (unpaired) electrons. The van der Waals surface area contributed by atoms with Gasteiger partial charge in [-0.15, -0.1) is 5.10 Å². The molecule has 0 aliphatic heterocycles. The summed E-state index contributed by atoms with van der Waals surface area (Å²) in [6, 6.07) is 0. The molecule has 0 aromatic carbocycles. The zero-order valence-electron chi connectivity index (χ0n) is 10.9. The fourth-order valence-corrected chi connectivity index (χ4v) is 2.62. The number of imidazole rings is 1. The van der Waals surface area contributed by atoms with Crippen LogP contribution in [0.1, 0.15) is 28.7 Å². The highest BCUT2D eigenvalue weighted by molar-refractivity contribution is 7.08. The molecule has 21 heavy (non-hydrogen) atoms. The molecule has 0 unspecified atom stereocenters. The first-order valence-corrected chi connectivity index (χ1v) is 7.33. The highest BCUT2D eigenvalue weighted by Crippen LogP contribution is 2.19. The molecule has 0 aliphatic carbocycles. The number of H-pyrrole nitrogens is 1. The first-order chi connectivity index (χ1) is 10.2. The summed E-state index contributed by atoms with van der Waals surface area (Å²) in [5.41, 5.74) is 1.59. The number of rotatable bonds is 4. The Balaban J connectivity index is 1.87. The van der Waals surface area contributed by atoms with Crippen molar-refractivity contribution in [2.24, 2.45) is 0 Å². The lowest BCUT2D eigenvalue weighted by Crippen LogP contribution is -2.15. The molecule has 0 atom stereocenters. The van der Waals surface area contributed by atoms with Gasteiger partial charge in [-0.2, -0.15) is 9.97 Å². The third kappa shape index (κ3) is 2.69. The van der Waals surface area contributed by atoms with Gasteiger partial charge >= 0.3 is 0 Å². The quantitative estimate of drug-likeness (QED) is 0.711. The number of aromatic amines is 1. The Morgan fingerprint density at radius 3 is 3.14 bits per heavy atom. The molecule has 0 bridgehead atoms. The molecule has 0 fully saturated rings. The van der Waals surface area contributed by atoms with Crippen molar-refractivity contribution in [1.82, 2.24) is 29.5 Å². The monoisotopic (exact) mass is 323 g/mol. The maximum atomic E-state index is 12.2. The van der Waals surface area contributed by atoms with E-state index >= 15 is 0 Å². The highest BCUT2D eigenvalue weighted by atomic mass is 35.5. The zero-order valence-corrected chi connectivity index (χ0v) is 12.5. The largest absolute Gasteiger partial charge is 0.341 e. The fourth-order valence-electron chi connectivity index (χ4n) is 1.79. The van der Waals surface area contributed by atoms with Crippen molar-refractivity contribution in [3.63, 3.8) is 0 Å². The summed E-state index contributed by atoms with van der Waals surface area (Å²) in [6.07, 6.45) is 3.04. The number of amides is 1. The molecular formula is C11H10ClN7OS. The molecule has 3 rings (SSSR count). The molecule has 3 aromatic rings. The van der Waals surface area contributed by atoms with Gasteiger partial charge in [0.15, 0.2) is 10.8 Å². The van der Waals surface area contributed by atoms with Gasteiger partial charge in [0.2, 0.25) is 5.95 Å². The number of aromatic nitrogens is 6. The maximum Gasteiger partial charge on any atom is 0.271 e. The molecule has 0 saturated carbocycles. The Morgan fingerprint density at radius 2 is 2.33 bits per heavy atom. The molecule has 0 aliphatic rings. The Bertz CT molecular complexity index is 799. The predicted octanol–water partition coefficient (Wildman–Crippen LogP) is 2.06. The van der Waals surface area contributed by atoms with Crippen molar-refractivity contribution in [2.75, 3.05) is 5.32 Å². The Labute approximate surface area is 128 Å². The van der Waals surface area contributed by atoms with E-state index in [0.717, 1.165) is 18.0 Å². The number of anilines is 1. The van der Waals surface area contributed by atoms with Gasteiger partial charge in [-0.05, 0) is 18.0 Å². The minimum atomic E-state index is -0.348. The van der Waals surface area contributed by atoms with Crippen LogP contribution >= 0.6 is 23.1 Å². The summed E-state index contributed by atoms with van der Waals surface area (Å²) in [5, 5.41) is 6.75. The van der Waals surface area contributed by atoms with E-state index in [1.54, 1.807) is 0 Å². The van der Waals surface area contributed by atoms with Gasteiger partial charge in [-0.25, -0.2) is 4.98 Å². The standard InChI is InChI=1S/C11H10ClN7OS/c1-2-3-5-7(21-19-18-5)10(20)17-11-15-8(12)6-9(16-11)14-4-13-6/h4H,2-3H2,1H3,(H2,13,14,15,16,17,20). The van der Waals surface area contributed by atoms with Crippen molar-refractivity contribution in [1.29, 1.82) is 0 Å². The van der Waals surface area contributed by atoms with Crippen LogP contribution in [0.4, 0.5) is 5.95 Å². The van der Waals surface area contributed by atoms with Gasteiger partial charge < -0.3 is 4.98 Å². The first kappa shape index (κ1) is 13.8. The molecule has 0 saturated heterocycles. The second-order valence-corrected chi connectivity index (χ2v) is 5.30. The number of hydrogen-bond acceptors (Lipinski definition) is 7. The van der Waals surface area contributed by atoms with Crippen LogP contribution in [0.2, 0.25) is 5.15 Å². The third-order valence-corrected chi connectivity index (χ3v) is 3.76. The molecular weight excluding hydrogens is 314 g/mol. The molecule has 10 heteroatoms. The summed E-state index contributed by atoms with van der Waals surface area (Å²) < 4.78 is 3.81. The van der Waals surface area contributed by atoms with Crippen LogP contribution < -0.4 is 5.32 Å². The lowest BCUT2D eigenvalue weighted by molar-refractivity contribution is 0.102. The van der Waals surface area contributed by atoms with E-state index in [1.807, 2.05) is 6.92 Å². The molecule has 1 amide bonds. The van der Waals surface area contributed by atoms with Gasteiger partial charge in [0.1, 0.15) is 10.4 Å². The fraction of sp³-hybridized carbons (Fsp3) is 0.273. The van der Waals surface area contributed by atoms with E-state index in [0.29, 0.717) is 28.2 Å². The Hall–Kier alpha value is -2.13. The number of nitrogens with one attached hydrogen (secondary N) is 2. The molecule has 3 heterocycles. The van der Waals surface area contributed by atoms with Crippen LogP contribution in [0.3, 0.4) is 0 Å². The van der Waals surface area contributed by atoms with Crippen molar-refractivity contribution < 1.29 is 4.79 Å². The topological polar surface area (TPSA) is 109 Å². The van der Waals surface area contributed by atoms with E-state index in [2.05, 4.69) is 34.8 Å². The van der Waals surface area contributed by atoms with Gasteiger partial charge in [0, 0.05) is 0 Å². The average Bonchev–Trinajstić information content (AvgIpc) is 3.07. The normalized spacial score (nSPS) is 11.0. The number of nitrogens with zero attached hydrogens (tertiary/aromatic N) is 5. The van der Waals surface area contributed by atoms with E-state index in [1.165, 1.54) is 6.33 Å². The minimum absolute atomic E-state index is 0.0976.